The zero-order valence-electron chi connectivity index (χ0n) is 14.1. The minimum atomic E-state index is -0.829. The van der Waals surface area contributed by atoms with Gasteiger partial charge < -0.3 is 15.6 Å². The number of anilines is 1. The maximum absolute atomic E-state index is 14.0. The number of hydrogen-bond acceptors (Lipinski definition) is 5. The van der Waals surface area contributed by atoms with Crippen LogP contribution in [-0.4, -0.2) is 19.9 Å². The number of aromatic nitrogens is 3. The summed E-state index contributed by atoms with van der Waals surface area (Å²) in [7, 11) is 1.72. The van der Waals surface area contributed by atoms with Crippen LogP contribution >= 0.6 is 0 Å². The summed E-state index contributed by atoms with van der Waals surface area (Å²) in [5, 5.41) is 14.8. The molecule has 0 aliphatic carbocycles. The number of rotatable bonds is 3. The van der Waals surface area contributed by atoms with E-state index in [0.29, 0.717) is 27.7 Å². The van der Waals surface area contributed by atoms with E-state index in [1.807, 2.05) is 0 Å². The molecule has 8 heteroatoms. The van der Waals surface area contributed by atoms with Gasteiger partial charge in [-0.1, -0.05) is 0 Å². The summed E-state index contributed by atoms with van der Waals surface area (Å²) in [5.41, 5.74) is 7.91. The van der Waals surface area contributed by atoms with Gasteiger partial charge in [0.1, 0.15) is 17.1 Å². The van der Waals surface area contributed by atoms with Crippen molar-refractivity contribution in [1.29, 1.82) is 0 Å². The van der Waals surface area contributed by atoms with Gasteiger partial charge in [0.25, 0.3) is 0 Å². The van der Waals surface area contributed by atoms with Gasteiger partial charge >= 0.3 is 0 Å². The molecule has 2 aromatic heterocycles. The Bertz CT molecular complexity index is 1170. The van der Waals surface area contributed by atoms with Gasteiger partial charge in [-0.25, -0.2) is 13.8 Å². The van der Waals surface area contributed by atoms with Gasteiger partial charge in [-0.2, -0.15) is 5.10 Å². The second-order valence-electron chi connectivity index (χ2n) is 5.99. The van der Waals surface area contributed by atoms with Crippen molar-refractivity contribution in [3.8, 4) is 28.5 Å². The lowest BCUT2D eigenvalue weighted by Crippen LogP contribution is -1.95. The molecule has 0 bridgehead atoms. The molecule has 0 aliphatic rings. The largest absolute Gasteiger partial charge is 0.493 e. The van der Waals surface area contributed by atoms with Crippen molar-refractivity contribution < 1.29 is 18.6 Å². The van der Waals surface area contributed by atoms with E-state index in [9.17, 15) is 13.9 Å². The first kappa shape index (κ1) is 16.8. The quantitative estimate of drug-likeness (QED) is 0.534. The summed E-state index contributed by atoms with van der Waals surface area (Å²) in [4.78, 5) is 3.99. The number of aromatic hydroxyl groups is 1. The van der Waals surface area contributed by atoms with Crippen molar-refractivity contribution in [1.82, 2.24) is 14.8 Å². The van der Waals surface area contributed by atoms with Crippen LogP contribution in [0.3, 0.4) is 0 Å². The number of nitrogen functional groups attached to an aromatic ring is 1. The molecule has 4 rings (SSSR count). The SMILES string of the molecule is Cn1cc2c(O)ncc(-c3cc(N)ccc3Oc3ccc(F)cc3F)c2n1. The molecule has 6 nitrogen and oxygen atoms in total. The topological polar surface area (TPSA) is 86.2 Å². The molecule has 3 N–H and O–H groups in total. The van der Waals surface area contributed by atoms with E-state index in [0.717, 1.165) is 12.1 Å². The van der Waals surface area contributed by atoms with Crippen molar-refractivity contribution in [2.75, 3.05) is 5.73 Å². The average Bonchev–Trinajstić information content (AvgIpc) is 3.01. The fraction of sp³-hybridized carbons (Fsp3) is 0.0526. The molecule has 0 fully saturated rings. The molecule has 2 heterocycles. The van der Waals surface area contributed by atoms with Gasteiger partial charge in [-0.15, -0.1) is 0 Å². The summed E-state index contributed by atoms with van der Waals surface area (Å²) >= 11 is 0. The summed E-state index contributed by atoms with van der Waals surface area (Å²) in [6, 6.07) is 7.87. The predicted molar refractivity (Wildman–Crippen MR) is 96.5 cm³/mol. The molecule has 136 valence electrons. The van der Waals surface area contributed by atoms with Crippen LogP contribution in [0.15, 0.2) is 48.8 Å². The first-order valence-corrected chi connectivity index (χ1v) is 7.96. The lowest BCUT2D eigenvalue weighted by Gasteiger charge is -2.13. The number of nitrogens with zero attached hydrogens (tertiary/aromatic N) is 3. The van der Waals surface area contributed by atoms with Crippen LogP contribution in [0.2, 0.25) is 0 Å². The molecule has 0 saturated carbocycles. The zero-order chi connectivity index (χ0) is 19.1. The van der Waals surface area contributed by atoms with Crippen LogP contribution in [0, 0.1) is 11.6 Å². The average molecular weight is 368 g/mol. The van der Waals surface area contributed by atoms with Crippen molar-refractivity contribution in [3.63, 3.8) is 0 Å². The number of aryl methyl sites for hydroxylation is 1. The molecule has 0 atom stereocenters. The molecule has 4 aromatic rings. The molecule has 2 aromatic carbocycles. The standard InChI is InChI=1S/C19H14F2N4O2/c1-25-9-14-18(24-25)13(8-23-19(14)26)12-7-11(22)3-5-16(12)27-17-4-2-10(20)6-15(17)21/h2-9H,22H2,1H3,(H,23,26). The smallest absolute Gasteiger partial charge is 0.222 e. The molecular weight excluding hydrogens is 354 g/mol. The second-order valence-corrected chi connectivity index (χ2v) is 5.99. The molecule has 0 amide bonds. The van der Waals surface area contributed by atoms with Crippen LogP contribution in [0.4, 0.5) is 14.5 Å². The number of ether oxygens (including phenoxy) is 1. The fourth-order valence-electron chi connectivity index (χ4n) is 2.83. The highest BCUT2D eigenvalue weighted by atomic mass is 19.1. The van der Waals surface area contributed by atoms with Crippen LogP contribution < -0.4 is 10.5 Å². The lowest BCUT2D eigenvalue weighted by atomic mass is 10.0. The van der Waals surface area contributed by atoms with Gasteiger partial charge in [-0.3, -0.25) is 4.68 Å². The Labute approximate surface area is 152 Å². The molecule has 0 spiro atoms. The van der Waals surface area contributed by atoms with E-state index in [1.165, 1.54) is 12.3 Å². The van der Waals surface area contributed by atoms with Crippen LogP contribution in [0.1, 0.15) is 0 Å². The maximum Gasteiger partial charge on any atom is 0.222 e. The summed E-state index contributed by atoms with van der Waals surface area (Å²) in [6.45, 7) is 0. The fourth-order valence-corrected chi connectivity index (χ4v) is 2.83. The molecule has 0 unspecified atom stereocenters. The first-order valence-electron chi connectivity index (χ1n) is 7.96. The van der Waals surface area contributed by atoms with Gasteiger partial charge in [0.2, 0.25) is 5.88 Å². The number of halogens is 2. The predicted octanol–water partition coefficient (Wildman–Crippen LogP) is 3.99. The van der Waals surface area contributed by atoms with E-state index in [-0.39, 0.29) is 17.4 Å². The van der Waals surface area contributed by atoms with Crippen LogP contribution in [-0.2, 0) is 7.05 Å². The summed E-state index contributed by atoms with van der Waals surface area (Å²) in [6.07, 6.45) is 3.07. The Hall–Kier alpha value is -3.68. The third-order valence-electron chi connectivity index (χ3n) is 4.05. The van der Waals surface area contributed by atoms with Crippen molar-refractivity contribution >= 4 is 16.6 Å². The van der Waals surface area contributed by atoms with Crippen LogP contribution in [0.25, 0.3) is 22.0 Å². The maximum atomic E-state index is 14.0. The second kappa shape index (κ2) is 6.24. The Balaban J connectivity index is 1.89. The first-order chi connectivity index (χ1) is 12.9. The molecule has 0 radical (unpaired) electrons. The highest BCUT2D eigenvalue weighted by Gasteiger charge is 2.17. The van der Waals surface area contributed by atoms with Crippen molar-refractivity contribution in [2.45, 2.75) is 0 Å². The number of nitrogens with two attached hydrogens (primary N) is 1. The van der Waals surface area contributed by atoms with E-state index in [4.69, 9.17) is 10.5 Å². The van der Waals surface area contributed by atoms with Crippen molar-refractivity contribution in [3.05, 3.63) is 60.4 Å². The molecule has 0 aliphatic heterocycles. The number of benzene rings is 2. The van der Waals surface area contributed by atoms with E-state index in [1.54, 1.807) is 36.1 Å². The normalized spacial score (nSPS) is 11.1. The zero-order valence-corrected chi connectivity index (χ0v) is 14.1. The Kier molecular flexibility index (Phi) is 3.88. The number of hydrogen-bond donors (Lipinski definition) is 2. The molecule has 0 saturated heterocycles. The highest BCUT2D eigenvalue weighted by molar-refractivity contribution is 5.97. The Morgan fingerprint density at radius 1 is 1.07 bits per heavy atom. The minimum absolute atomic E-state index is 0.133. The highest BCUT2D eigenvalue weighted by Crippen LogP contribution is 2.39. The Morgan fingerprint density at radius 2 is 1.85 bits per heavy atom. The lowest BCUT2D eigenvalue weighted by molar-refractivity contribution is 0.439. The summed E-state index contributed by atoms with van der Waals surface area (Å²) in [5.74, 6) is -1.53. The Morgan fingerprint density at radius 3 is 2.63 bits per heavy atom. The van der Waals surface area contributed by atoms with E-state index >= 15 is 0 Å². The third-order valence-corrected chi connectivity index (χ3v) is 4.05. The van der Waals surface area contributed by atoms with E-state index < -0.39 is 11.6 Å². The number of pyridine rings is 1. The van der Waals surface area contributed by atoms with E-state index in [2.05, 4.69) is 10.1 Å². The van der Waals surface area contributed by atoms with Gasteiger partial charge in [-0.05, 0) is 30.3 Å². The third kappa shape index (κ3) is 3.01. The molecular formula is C19H14F2N4O2. The van der Waals surface area contributed by atoms with Gasteiger partial charge in [0.05, 0.1) is 5.39 Å². The molecule has 27 heavy (non-hydrogen) atoms. The number of fused-ring (bicyclic) bond motifs is 1. The monoisotopic (exact) mass is 368 g/mol. The van der Waals surface area contributed by atoms with Crippen LogP contribution in [0.5, 0.6) is 17.4 Å². The van der Waals surface area contributed by atoms with Gasteiger partial charge in [0, 0.05) is 42.3 Å². The summed E-state index contributed by atoms with van der Waals surface area (Å²) < 4.78 is 34.4. The van der Waals surface area contributed by atoms with Crippen molar-refractivity contribution in [2.24, 2.45) is 7.05 Å². The van der Waals surface area contributed by atoms with Gasteiger partial charge in [0.15, 0.2) is 11.6 Å². The minimum Gasteiger partial charge on any atom is -0.493 e.